The zero-order valence-corrected chi connectivity index (χ0v) is 11.4. The van der Waals surface area contributed by atoms with E-state index in [1.807, 2.05) is 26.0 Å². The van der Waals surface area contributed by atoms with Gasteiger partial charge in [0.1, 0.15) is 5.75 Å². The van der Waals surface area contributed by atoms with Crippen molar-refractivity contribution >= 4 is 5.78 Å². The van der Waals surface area contributed by atoms with Crippen LogP contribution in [0.5, 0.6) is 5.75 Å². The lowest BCUT2D eigenvalue weighted by atomic mass is 9.87. The van der Waals surface area contributed by atoms with Gasteiger partial charge < -0.3 is 10.5 Å². The summed E-state index contributed by atoms with van der Waals surface area (Å²) in [4.78, 5) is 12.6. The van der Waals surface area contributed by atoms with Crippen molar-refractivity contribution in [3.8, 4) is 5.75 Å². The van der Waals surface area contributed by atoms with E-state index >= 15 is 0 Å². The van der Waals surface area contributed by atoms with Crippen LogP contribution in [0.2, 0.25) is 0 Å². The lowest BCUT2D eigenvalue weighted by Gasteiger charge is -2.23. The van der Waals surface area contributed by atoms with Gasteiger partial charge in [0, 0.05) is 0 Å². The van der Waals surface area contributed by atoms with Crippen molar-refractivity contribution in [2.45, 2.75) is 45.1 Å². The van der Waals surface area contributed by atoms with E-state index in [-0.39, 0.29) is 5.78 Å². The van der Waals surface area contributed by atoms with E-state index in [9.17, 15) is 4.79 Å². The average Bonchev–Trinajstić information content (AvgIpc) is 2.80. The van der Waals surface area contributed by atoms with Crippen LogP contribution in [-0.4, -0.2) is 18.4 Å². The summed E-state index contributed by atoms with van der Waals surface area (Å²) in [6, 6.07) is 3.81. The monoisotopic (exact) mass is 247 g/mol. The highest BCUT2D eigenvalue weighted by atomic mass is 16.5. The van der Waals surface area contributed by atoms with Crippen molar-refractivity contribution in [1.29, 1.82) is 0 Å². The standard InChI is InChI=1S/C15H21NO2/c1-10-6-7-12(13(18-3)11(10)2)14(17)15(16)8-4-5-9-15/h6-7H,4-5,8-9,16H2,1-3H3. The third kappa shape index (κ3) is 2.03. The number of hydrogen-bond donors (Lipinski definition) is 1. The number of ether oxygens (including phenoxy) is 1. The first-order valence-electron chi connectivity index (χ1n) is 6.47. The van der Waals surface area contributed by atoms with Gasteiger partial charge in [-0.15, -0.1) is 0 Å². The van der Waals surface area contributed by atoms with E-state index in [1.165, 1.54) is 0 Å². The summed E-state index contributed by atoms with van der Waals surface area (Å²) in [5.41, 5.74) is 8.33. The van der Waals surface area contributed by atoms with Crippen LogP contribution in [0.3, 0.4) is 0 Å². The summed E-state index contributed by atoms with van der Waals surface area (Å²) in [5.74, 6) is 0.705. The average molecular weight is 247 g/mol. The molecule has 0 radical (unpaired) electrons. The van der Waals surface area contributed by atoms with Gasteiger partial charge >= 0.3 is 0 Å². The van der Waals surface area contributed by atoms with Crippen molar-refractivity contribution in [2.75, 3.05) is 7.11 Å². The highest BCUT2D eigenvalue weighted by Crippen LogP contribution is 2.35. The Labute approximate surface area is 108 Å². The second-order valence-electron chi connectivity index (χ2n) is 5.28. The lowest BCUT2D eigenvalue weighted by Crippen LogP contribution is -2.45. The molecule has 1 aliphatic carbocycles. The molecule has 0 unspecified atom stereocenters. The molecule has 1 aliphatic rings. The number of carbonyl (C=O) groups excluding carboxylic acids is 1. The highest BCUT2D eigenvalue weighted by Gasteiger charge is 2.38. The number of methoxy groups -OCH3 is 1. The van der Waals surface area contributed by atoms with E-state index in [4.69, 9.17) is 10.5 Å². The third-order valence-electron chi connectivity index (χ3n) is 4.07. The number of Topliss-reactive ketones (excluding diaryl/α,β-unsaturated/α-hetero) is 1. The summed E-state index contributed by atoms with van der Waals surface area (Å²) in [5, 5.41) is 0. The van der Waals surface area contributed by atoms with Crippen LogP contribution in [0.1, 0.15) is 47.2 Å². The SMILES string of the molecule is COc1c(C(=O)C2(N)CCCC2)ccc(C)c1C. The molecule has 0 saturated heterocycles. The zero-order valence-electron chi connectivity index (χ0n) is 11.4. The molecule has 1 aromatic rings. The van der Waals surface area contributed by atoms with Crippen LogP contribution in [0.4, 0.5) is 0 Å². The van der Waals surface area contributed by atoms with Crippen LogP contribution < -0.4 is 10.5 Å². The first kappa shape index (κ1) is 13.1. The first-order valence-corrected chi connectivity index (χ1v) is 6.47. The minimum Gasteiger partial charge on any atom is -0.496 e. The van der Waals surface area contributed by atoms with Crippen LogP contribution >= 0.6 is 0 Å². The molecule has 98 valence electrons. The molecular formula is C15H21NO2. The van der Waals surface area contributed by atoms with E-state index < -0.39 is 5.54 Å². The Kier molecular flexibility index (Phi) is 3.44. The van der Waals surface area contributed by atoms with Gasteiger partial charge in [-0.3, -0.25) is 4.79 Å². The summed E-state index contributed by atoms with van der Waals surface area (Å²) >= 11 is 0. The quantitative estimate of drug-likeness (QED) is 0.836. The Morgan fingerprint density at radius 3 is 2.44 bits per heavy atom. The Balaban J connectivity index is 2.45. The summed E-state index contributed by atoms with van der Waals surface area (Å²) in [6.45, 7) is 3.99. The number of benzene rings is 1. The molecule has 2 N–H and O–H groups in total. The molecule has 3 heteroatoms. The molecule has 0 bridgehead atoms. The Bertz CT molecular complexity index is 474. The number of aryl methyl sites for hydroxylation is 1. The normalized spacial score (nSPS) is 17.8. The fraction of sp³-hybridized carbons (Fsp3) is 0.533. The van der Waals surface area contributed by atoms with Crippen LogP contribution in [0, 0.1) is 13.8 Å². The highest BCUT2D eigenvalue weighted by molar-refractivity contribution is 6.05. The molecular weight excluding hydrogens is 226 g/mol. The Morgan fingerprint density at radius 2 is 1.89 bits per heavy atom. The van der Waals surface area contributed by atoms with E-state index in [0.29, 0.717) is 11.3 Å². The largest absolute Gasteiger partial charge is 0.496 e. The van der Waals surface area contributed by atoms with Crippen LogP contribution in [0.25, 0.3) is 0 Å². The molecule has 1 saturated carbocycles. The van der Waals surface area contributed by atoms with Gasteiger partial charge in [-0.1, -0.05) is 18.9 Å². The van der Waals surface area contributed by atoms with Crippen molar-refractivity contribution < 1.29 is 9.53 Å². The maximum absolute atomic E-state index is 12.6. The van der Waals surface area contributed by atoms with E-state index in [1.54, 1.807) is 7.11 Å². The van der Waals surface area contributed by atoms with Gasteiger partial charge in [0.25, 0.3) is 0 Å². The molecule has 0 heterocycles. The van der Waals surface area contributed by atoms with Crippen LogP contribution in [-0.2, 0) is 0 Å². The van der Waals surface area contributed by atoms with Crippen molar-refractivity contribution in [3.05, 3.63) is 28.8 Å². The molecule has 1 fully saturated rings. The second-order valence-corrected chi connectivity index (χ2v) is 5.28. The van der Waals surface area contributed by atoms with Crippen LogP contribution in [0.15, 0.2) is 12.1 Å². The molecule has 0 aromatic heterocycles. The van der Waals surface area contributed by atoms with Gasteiger partial charge in [0.15, 0.2) is 5.78 Å². The molecule has 1 aromatic carbocycles. The van der Waals surface area contributed by atoms with Gasteiger partial charge in [0.2, 0.25) is 0 Å². The first-order chi connectivity index (χ1) is 8.49. The predicted octanol–water partition coefficient (Wildman–Crippen LogP) is 2.77. The maximum Gasteiger partial charge on any atom is 0.186 e. The summed E-state index contributed by atoms with van der Waals surface area (Å²) < 4.78 is 5.41. The molecule has 0 atom stereocenters. The number of ketones is 1. The fourth-order valence-electron chi connectivity index (χ4n) is 2.73. The lowest BCUT2D eigenvalue weighted by molar-refractivity contribution is 0.0888. The van der Waals surface area contributed by atoms with Gasteiger partial charge in [-0.25, -0.2) is 0 Å². The third-order valence-corrected chi connectivity index (χ3v) is 4.07. The van der Waals surface area contributed by atoms with Crippen molar-refractivity contribution in [3.63, 3.8) is 0 Å². The minimum atomic E-state index is -0.686. The summed E-state index contributed by atoms with van der Waals surface area (Å²) in [6.07, 6.45) is 3.63. The topological polar surface area (TPSA) is 52.3 Å². The number of hydrogen-bond acceptors (Lipinski definition) is 3. The maximum atomic E-state index is 12.6. The van der Waals surface area contributed by atoms with Gasteiger partial charge in [-0.2, -0.15) is 0 Å². The molecule has 2 rings (SSSR count). The number of nitrogens with two attached hydrogens (primary N) is 1. The molecule has 18 heavy (non-hydrogen) atoms. The molecule has 0 amide bonds. The summed E-state index contributed by atoms with van der Waals surface area (Å²) in [7, 11) is 1.61. The van der Waals surface area contributed by atoms with Gasteiger partial charge in [-0.05, 0) is 43.9 Å². The smallest absolute Gasteiger partial charge is 0.186 e. The van der Waals surface area contributed by atoms with Gasteiger partial charge in [0.05, 0.1) is 18.2 Å². The number of rotatable bonds is 3. The fourth-order valence-corrected chi connectivity index (χ4v) is 2.73. The molecule has 3 nitrogen and oxygen atoms in total. The van der Waals surface area contributed by atoms with Crippen molar-refractivity contribution in [2.24, 2.45) is 5.73 Å². The minimum absolute atomic E-state index is 0.0277. The molecule has 0 aliphatic heterocycles. The zero-order chi connectivity index (χ0) is 13.3. The van der Waals surface area contributed by atoms with E-state index in [2.05, 4.69) is 0 Å². The Hall–Kier alpha value is -1.35. The van der Waals surface area contributed by atoms with E-state index in [0.717, 1.165) is 36.8 Å². The number of carbonyl (C=O) groups is 1. The van der Waals surface area contributed by atoms with Crippen molar-refractivity contribution in [1.82, 2.24) is 0 Å². The molecule has 0 spiro atoms. The Morgan fingerprint density at radius 1 is 1.28 bits per heavy atom. The predicted molar refractivity (Wildman–Crippen MR) is 72.2 cm³/mol. The second kappa shape index (κ2) is 4.73.